The van der Waals surface area contributed by atoms with Crippen LogP contribution in [0.1, 0.15) is 46.1 Å². The molecule has 0 aliphatic carbocycles. The van der Waals surface area contributed by atoms with E-state index in [1.54, 1.807) is 11.0 Å². The van der Waals surface area contributed by atoms with E-state index >= 15 is 0 Å². The summed E-state index contributed by atoms with van der Waals surface area (Å²) >= 11 is 0. The van der Waals surface area contributed by atoms with Gasteiger partial charge in [-0.1, -0.05) is 26.8 Å². The molecule has 0 aliphatic heterocycles. The third-order valence-corrected chi connectivity index (χ3v) is 2.68. The molecule has 0 N–H and O–H groups in total. The van der Waals surface area contributed by atoms with Gasteiger partial charge >= 0.3 is 0 Å². The molecule has 0 amide bonds. The molecule has 0 saturated carbocycles. The molecule has 17 heavy (non-hydrogen) atoms. The van der Waals surface area contributed by atoms with Gasteiger partial charge in [-0.05, 0) is 19.3 Å². The first-order valence-corrected chi connectivity index (χ1v) is 5.96. The molecule has 0 spiro atoms. The lowest BCUT2D eigenvalue weighted by Crippen LogP contribution is -2.31. The van der Waals surface area contributed by atoms with Crippen molar-refractivity contribution in [3.8, 4) is 0 Å². The number of nitrogens with zero attached hydrogens (tertiary/aromatic N) is 3. The standard InChI is InChI=1S/C13H21N3O/c1-5-6-7-8-11(12(17)13(2,3)4)16-10-14-9-15-16/h5,9-11H,1,6-8H2,2-4H3. The third kappa shape index (κ3) is 3.80. The lowest BCUT2D eigenvalue weighted by Gasteiger charge is -2.24. The van der Waals surface area contributed by atoms with Gasteiger partial charge in [0.25, 0.3) is 0 Å². The average molecular weight is 235 g/mol. The van der Waals surface area contributed by atoms with Crippen molar-refractivity contribution in [3.63, 3.8) is 0 Å². The molecular weight excluding hydrogens is 214 g/mol. The van der Waals surface area contributed by atoms with Crippen molar-refractivity contribution in [1.82, 2.24) is 14.8 Å². The molecule has 0 saturated heterocycles. The van der Waals surface area contributed by atoms with Crippen LogP contribution in [0.15, 0.2) is 25.3 Å². The molecule has 1 atom stereocenters. The van der Waals surface area contributed by atoms with Crippen LogP contribution in [0.2, 0.25) is 0 Å². The normalized spacial score (nSPS) is 13.4. The minimum Gasteiger partial charge on any atom is -0.297 e. The lowest BCUT2D eigenvalue weighted by atomic mass is 9.85. The highest BCUT2D eigenvalue weighted by Crippen LogP contribution is 2.26. The van der Waals surface area contributed by atoms with Crippen molar-refractivity contribution in [2.45, 2.75) is 46.1 Å². The van der Waals surface area contributed by atoms with Crippen LogP contribution >= 0.6 is 0 Å². The summed E-state index contributed by atoms with van der Waals surface area (Å²) in [5, 5.41) is 4.09. The Kier molecular flexibility index (Phi) is 4.61. The molecule has 0 aromatic carbocycles. The van der Waals surface area contributed by atoms with Gasteiger partial charge < -0.3 is 0 Å². The van der Waals surface area contributed by atoms with E-state index in [4.69, 9.17) is 0 Å². The molecule has 4 heteroatoms. The minimum absolute atomic E-state index is 0.201. The Morgan fingerprint density at radius 3 is 2.71 bits per heavy atom. The summed E-state index contributed by atoms with van der Waals surface area (Å²) in [6.07, 6.45) is 7.60. The predicted octanol–water partition coefficient (Wildman–Crippen LogP) is 2.79. The number of ketones is 1. The van der Waals surface area contributed by atoms with Gasteiger partial charge in [0, 0.05) is 5.41 Å². The molecule has 4 nitrogen and oxygen atoms in total. The van der Waals surface area contributed by atoms with Crippen LogP contribution in [-0.2, 0) is 4.79 Å². The zero-order valence-corrected chi connectivity index (χ0v) is 10.9. The van der Waals surface area contributed by atoms with Crippen LogP contribution in [0.3, 0.4) is 0 Å². The highest BCUT2D eigenvalue weighted by Gasteiger charge is 2.30. The number of hydrogen-bond acceptors (Lipinski definition) is 3. The zero-order chi connectivity index (χ0) is 12.9. The Labute approximate surface area is 103 Å². The topological polar surface area (TPSA) is 47.8 Å². The van der Waals surface area contributed by atoms with Gasteiger partial charge in [0.2, 0.25) is 0 Å². The monoisotopic (exact) mass is 235 g/mol. The maximum Gasteiger partial charge on any atom is 0.162 e. The van der Waals surface area contributed by atoms with Crippen LogP contribution in [0, 0.1) is 5.41 Å². The Morgan fingerprint density at radius 1 is 1.53 bits per heavy atom. The molecule has 0 bridgehead atoms. The highest BCUT2D eigenvalue weighted by molar-refractivity contribution is 5.87. The van der Waals surface area contributed by atoms with E-state index in [1.807, 2.05) is 26.8 Å². The van der Waals surface area contributed by atoms with Crippen LogP contribution < -0.4 is 0 Å². The van der Waals surface area contributed by atoms with Crippen LogP contribution in [0.25, 0.3) is 0 Å². The van der Waals surface area contributed by atoms with Gasteiger partial charge in [-0.25, -0.2) is 9.67 Å². The smallest absolute Gasteiger partial charge is 0.162 e. The van der Waals surface area contributed by atoms with Gasteiger partial charge in [-0.3, -0.25) is 4.79 Å². The maximum atomic E-state index is 12.3. The first-order chi connectivity index (χ1) is 7.96. The van der Waals surface area contributed by atoms with Crippen LogP contribution in [-0.4, -0.2) is 20.5 Å². The number of rotatable bonds is 6. The number of unbranched alkanes of at least 4 members (excludes halogenated alkanes) is 1. The first-order valence-electron chi connectivity index (χ1n) is 5.96. The molecule has 1 aromatic heterocycles. The van der Waals surface area contributed by atoms with E-state index in [0.29, 0.717) is 0 Å². The Bertz CT molecular complexity index is 363. The van der Waals surface area contributed by atoms with E-state index in [0.717, 1.165) is 19.3 Å². The minimum atomic E-state index is -0.356. The largest absolute Gasteiger partial charge is 0.297 e. The van der Waals surface area contributed by atoms with E-state index < -0.39 is 0 Å². The van der Waals surface area contributed by atoms with Crippen molar-refractivity contribution in [3.05, 3.63) is 25.3 Å². The molecule has 1 aromatic rings. The van der Waals surface area contributed by atoms with Gasteiger partial charge in [0.1, 0.15) is 18.7 Å². The quantitative estimate of drug-likeness (QED) is 0.562. The van der Waals surface area contributed by atoms with E-state index in [2.05, 4.69) is 16.7 Å². The molecule has 0 radical (unpaired) electrons. The summed E-state index contributed by atoms with van der Waals surface area (Å²) in [4.78, 5) is 16.3. The fourth-order valence-electron chi connectivity index (χ4n) is 1.72. The van der Waals surface area contributed by atoms with Crippen molar-refractivity contribution >= 4 is 5.78 Å². The summed E-state index contributed by atoms with van der Waals surface area (Å²) in [5.74, 6) is 0.201. The molecule has 0 aliphatic rings. The van der Waals surface area contributed by atoms with Gasteiger partial charge in [0.05, 0.1) is 0 Å². The van der Waals surface area contributed by atoms with Crippen molar-refractivity contribution in [2.75, 3.05) is 0 Å². The van der Waals surface area contributed by atoms with Crippen molar-refractivity contribution < 1.29 is 4.79 Å². The van der Waals surface area contributed by atoms with E-state index in [9.17, 15) is 4.79 Å². The van der Waals surface area contributed by atoms with Gasteiger partial charge in [0.15, 0.2) is 5.78 Å². The SMILES string of the molecule is C=CCCCC(C(=O)C(C)(C)C)n1cncn1. The average Bonchev–Trinajstić information content (AvgIpc) is 2.75. The number of carbonyl (C=O) groups excluding carboxylic acids is 1. The molecule has 1 rings (SSSR count). The molecule has 1 heterocycles. The Balaban J connectivity index is 2.80. The highest BCUT2D eigenvalue weighted by atomic mass is 16.1. The van der Waals surface area contributed by atoms with Gasteiger partial charge in [-0.2, -0.15) is 5.10 Å². The second kappa shape index (κ2) is 5.75. The number of aromatic nitrogens is 3. The number of Topliss-reactive ketones (excluding diaryl/α,β-unsaturated/α-hetero) is 1. The van der Waals surface area contributed by atoms with Crippen molar-refractivity contribution in [2.24, 2.45) is 5.41 Å². The van der Waals surface area contributed by atoms with Crippen LogP contribution in [0.5, 0.6) is 0 Å². The summed E-state index contributed by atoms with van der Waals surface area (Å²) in [7, 11) is 0. The molecule has 0 fully saturated rings. The Morgan fingerprint density at radius 2 is 2.24 bits per heavy atom. The second-order valence-electron chi connectivity index (χ2n) is 5.23. The van der Waals surface area contributed by atoms with Gasteiger partial charge in [-0.15, -0.1) is 6.58 Å². The molecule has 1 unspecified atom stereocenters. The zero-order valence-electron chi connectivity index (χ0n) is 10.9. The third-order valence-electron chi connectivity index (χ3n) is 2.68. The fourth-order valence-corrected chi connectivity index (χ4v) is 1.72. The molecular formula is C13H21N3O. The maximum absolute atomic E-state index is 12.3. The summed E-state index contributed by atoms with van der Waals surface area (Å²) in [5.41, 5.74) is -0.356. The molecule has 94 valence electrons. The summed E-state index contributed by atoms with van der Waals surface area (Å²) in [6.45, 7) is 9.51. The summed E-state index contributed by atoms with van der Waals surface area (Å²) in [6, 6.07) is -0.211. The second-order valence-corrected chi connectivity index (χ2v) is 5.23. The number of hydrogen-bond donors (Lipinski definition) is 0. The number of carbonyl (C=O) groups is 1. The Hall–Kier alpha value is -1.45. The first kappa shape index (κ1) is 13.6. The van der Waals surface area contributed by atoms with Crippen molar-refractivity contribution in [1.29, 1.82) is 0 Å². The fraction of sp³-hybridized carbons (Fsp3) is 0.615. The van der Waals surface area contributed by atoms with E-state index in [1.165, 1.54) is 6.33 Å². The number of allylic oxidation sites excluding steroid dienone is 1. The van der Waals surface area contributed by atoms with Crippen LogP contribution in [0.4, 0.5) is 0 Å². The van der Waals surface area contributed by atoms with E-state index in [-0.39, 0.29) is 17.2 Å². The summed E-state index contributed by atoms with van der Waals surface area (Å²) < 4.78 is 1.66. The lowest BCUT2D eigenvalue weighted by molar-refractivity contribution is -0.130. The predicted molar refractivity (Wildman–Crippen MR) is 67.6 cm³/mol.